The summed E-state index contributed by atoms with van der Waals surface area (Å²) in [7, 11) is 0. The molecule has 1 rings (SSSR count). The Morgan fingerprint density at radius 1 is 1.25 bits per heavy atom. The Morgan fingerprint density at radius 3 is 2.12 bits per heavy atom. The molecule has 90 valence electrons. The minimum absolute atomic E-state index is 0.311. The maximum atomic E-state index is 11.8. The van der Waals surface area contributed by atoms with E-state index in [1.165, 1.54) is 19.1 Å². The van der Waals surface area contributed by atoms with Crippen molar-refractivity contribution >= 4 is 0 Å². The van der Waals surface area contributed by atoms with Crippen LogP contribution in [0.5, 0.6) is 5.75 Å². The molecular weight excluding hydrogens is 223 g/mol. The maximum Gasteiger partial charge on any atom is 0.573 e. The number of rotatable bonds is 3. The predicted octanol–water partition coefficient (Wildman–Crippen LogP) is 1.97. The molecule has 6 heteroatoms. The highest BCUT2D eigenvalue weighted by Crippen LogP contribution is 2.24. The minimum Gasteiger partial charge on any atom is -0.406 e. The topological polar surface area (TPSA) is 55.5 Å². The van der Waals surface area contributed by atoms with Crippen LogP contribution in [0.15, 0.2) is 24.3 Å². The van der Waals surface area contributed by atoms with Gasteiger partial charge >= 0.3 is 6.36 Å². The average molecular weight is 235 g/mol. The maximum absolute atomic E-state index is 11.8. The van der Waals surface area contributed by atoms with Gasteiger partial charge < -0.3 is 15.6 Å². The largest absolute Gasteiger partial charge is 0.573 e. The van der Waals surface area contributed by atoms with Crippen molar-refractivity contribution in [1.29, 1.82) is 0 Å². The van der Waals surface area contributed by atoms with Gasteiger partial charge in [0.2, 0.25) is 0 Å². The van der Waals surface area contributed by atoms with E-state index in [0.29, 0.717) is 5.56 Å². The summed E-state index contributed by atoms with van der Waals surface area (Å²) >= 11 is 0. The first-order valence-corrected chi connectivity index (χ1v) is 4.59. The number of alkyl halides is 3. The molecule has 1 unspecified atom stereocenters. The Balaban J connectivity index is 2.76. The molecule has 0 spiro atoms. The highest BCUT2D eigenvalue weighted by atomic mass is 19.4. The third kappa shape index (κ3) is 3.71. The zero-order chi connectivity index (χ0) is 12.3. The lowest BCUT2D eigenvalue weighted by Gasteiger charge is -2.15. The molecule has 1 aromatic rings. The smallest absolute Gasteiger partial charge is 0.406 e. The molecule has 0 saturated heterocycles. The second-order valence-corrected chi connectivity index (χ2v) is 3.38. The summed E-state index contributed by atoms with van der Waals surface area (Å²) < 4.78 is 39.2. The lowest BCUT2D eigenvalue weighted by atomic mass is 10.0. The number of hydrogen-bond acceptors (Lipinski definition) is 3. The fraction of sp³-hybridized carbons (Fsp3) is 0.400. The van der Waals surface area contributed by atoms with Crippen LogP contribution in [-0.4, -0.2) is 17.6 Å². The van der Waals surface area contributed by atoms with Crippen LogP contribution in [-0.2, 0) is 0 Å². The molecule has 1 aromatic carbocycles. The third-order valence-corrected chi connectivity index (χ3v) is 2.02. The van der Waals surface area contributed by atoms with Gasteiger partial charge in [0.05, 0.1) is 12.1 Å². The minimum atomic E-state index is -4.70. The monoisotopic (exact) mass is 235 g/mol. The summed E-state index contributed by atoms with van der Waals surface area (Å²) in [5, 5.41) is 9.19. The van der Waals surface area contributed by atoms with E-state index in [2.05, 4.69) is 4.74 Å². The zero-order valence-electron chi connectivity index (χ0n) is 8.53. The van der Waals surface area contributed by atoms with Crippen LogP contribution in [0.4, 0.5) is 13.2 Å². The summed E-state index contributed by atoms with van der Waals surface area (Å²) in [4.78, 5) is 0. The Bertz CT molecular complexity index is 335. The number of nitrogens with two attached hydrogens (primary N) is 1. The SMILES string of the molecule is CC(O)[C@@H](N)c1ccc(OC(F)(F)F)cc1. The van der Waals surface area contributed by atoms with Gasteiger partial charge in [0.15, 0.2) is 0 Å². The lowest BCUT2D eigenvalue weighted by Crippen LogP contribution is -2.23. The molecule has 0 fully saturated rings. The van der Waals surface area contributed by atoms with Crippen LogP contribution >= 0.6 is 0 Å². The Kier molecular flexibility index (Phi) is 3.77. The number of aliphatic hydroxyl groups is 1. The summed E-state index contributed by atoms with van der Waals surface area (Å²) in [6.45, 7) is 1.50. The van der Waals surface area contributed by atoms with Gasteiger partial charge in [0.25, 0.3) is 0 Å². The van der Waals surface area contributed by atoms with Gasteiger partial charge in [-0.3, -0.25) is 0 Å². The quantitative estimate of drug-likeness (QED) is 0.842. The lowest BCUT2D eigenvalue weighted by molar-refractivity contribution is -0.274. The second-order valence-electron chi connectivity index (χ2n) is 3.38. The second kappa shape index (κ2) is 4.71. The number of aliphatic hydroxyl groups excluding tert-OH is 1. The molecule has 3 nitrogen and oxygen atoms in total. The van der Waals surface area contributed by atoms with Crippen molar-refractivity contribution < 1.29 is 23.0 Å². The van der Waals surface area contributed by atoms with Crippen molar-refractivity contribution in [2.24, 2.45) is 5.73 Å². The summed E-state index contributed by atoms with van der Waals surface area (Å²) in [6.07, 6.45) is -5.47. The van der Waals surface area contributed by atoms with E-state index >= 15 is 0 Å². The van der Waals surface area contributed by atoms with Gasteiger partial charge in [-0.2, -0.15) is 0 Å². The molecule has 2 atom stereocenters. The number of benzene rings is 1. The van der Waals surface area contributed by atoms with Gasteiger partial charge in [-0.25, -0.2) is 0 Å². The van der Waals surface area contributed by atoms with E-state index in [1.54, 1.807) is 0 Å². The van der Waals surface area contributed by atoms with Crippen LogP contribution < -0.4 is 10.5 Å². The van der Waals surface area contributed by atoms with Gasteiger partial charge in [-0.1, -0.05) is 12.1 Å². The number of ether oxygens (including phenoxy) is 1. The molecule has 0 aliphatic heterocycles. The van der Waals surface area contributed by atoms with E-state index in [0.717, 1.165) is 12.1 Å². The Hall–Kier alpha value is -1.27. The summed E-state index contributed by atoms with van der Waals surface area (Å²) in [5.41, 5.74) is 6.15. The highest BCUT2D eigenvalue weighted by molar-refractivity contribution is 5.29. The fourth-order valence-electron chi connectivity index (χ4n) is 1.17. The van der Waals surface area contributed by atoms with Crippen molar-refractivity contribution in [3.05, 3.63) is 29.8 Å². The van der Waals surface area contributed by atoms with E-state index in [1.807, 2.05) is 0 Å². The number of halogens is 3. The number of hydrogen-bond donors (Lipinski definition) is 2. The van der Waals surface area contributed by atoms with Gasteiger partial charge in [0.1, 0.15) is 5.75 Å². The Morgan fingerprint density at radius 2 is 1.75 bits per heavy atom. The van der Waals surface area contributed by atoms with Crippen molar-refractivity contribution in [1.82, 2.24) is 0 Å². The van der Waals surface area contributed by atoms with Crippen LogP contribution in [0.25, 0.3) is 0 Å². The first-order valence-electron chi connectivity index (χ1n) is 4.59. The first kappa shape index (κ1) is 12.8. The standard InChI is InChI=1S/C10H12F3NO2/c1-6(15)9(14)7-2-4-8(5-3-7)16-10(11,12)13/h2-6,9,15H,14H2,1H3/t6?,9-/m1/s1. The third-order valence-electron chi connectivity index (χ3n) is 2.02. The molecule has 0 radical (unpaired) electrons. The summed E-state index contributed by atoms with van der Waals surface area (Å²) in [5.74, 6) is -0.311. The molecule has 0 aromatic heterocycles. The van der Waals surface area contributed by atoms with Gasteiger partial charge in [-0.05, 0) is 24.6 Å². The predicted molar refractivity (Wildman–Crippen MR) is 51.7 cm³/mol. The first-order chi connectivity index (χ1) is 7.29. The van der Waals surface area contributed by atoms with Gasteiger partial charge in [0, 0.05) is 0 Å². The van der Waals surface area contributed by atoms with Crippen molar-refractivity contribution in [2.75, 3.05) is 0 Å². The van der Waals surface area contributed by atoms with Crippen LogP contribution in [0, 0.1) is 0 Å². The fourth-order valence-corrected chi connectivity index (χ4v) is 1.17. The summed E-state index contributed by atoms with van der Waals surface area (Å²) in [6, 6.07) is 4.47. The molecule has 0 saturated carbocycles. The molecule has 0 amide bonds. The highest BCUT2D eigenvalue weighted by Gasteiger charge is 2.31. The molecular formula is C10H12F3NO2. The average Bonchev–Trinajstić information content (AvgIpc) is 2.15. The van der Waals surface area contributed by atoms with Crippen LogP contribution in [0.3, 0.4) is 0 Å². The zero-order valence-corrected chi connectivity index (χ0v) is 8.53. The molecule has 16 heavy (non-hydrogen) atoms. The molecule has 0 bridgehead atoms. The van der Waals surface area contributed by atoms with E-state index in [-0.39, 0.29) is 5.75 Å². The van der Waals surface area contributed by atoms with Gasteiger partial charge in [-0.15, -0.1) is 13.2 Å². The van der Waals surface area contributed by atoms with E-state index < -0.39 is 18.5 Å². The molecule has 0 heterocycles. The molecule has 0 aliphatic rings. The van der Waals surface area contributed by atoms with E-state index in [4.69, 9.17) is 5.73 Å². The van der Waals surface area contributed by atoms with E-state index in [9.17, 15) is 18.3 Å². The van der Waals surface area contributed by atoms with Crippen molar-refractivity contribution in [3.8, 4) is 5.75 Å². The van der Waals surface area contributed by atoms with Crippen molar-refractivity contribution in [3.63, 3.8) is 0 Å². The Labute approximate surface area is 90.6 Å². The van der Waals surface area contributed by atoms with Crippen LogP contribution in [0.2, 0.25) is 0 Å². The normalized spacial score (nSPS) is 15.6. The van der Waals surface area contributed by atoms with Crippen LogP contribution in [0.1, 0.15) is 18.5 Å². The molecule has 0 aliphatic carbocycles. The molecule has 3 N–H and O–H groups in total. The van der Waals surface area contributed by atoms with Crippen molar-refractivity contribution in [2.45, 2.75) is 25.4 Å².